The second-order valence-electron chi connectivity index (χ2n) is 4.21. The zero-order valence-electron chi connectivity index (χ0n) is 11.1. The van der Waals surface area contributed by atoms with Crippen molar-refractivity contribution in [2.45, 2.75) is 6.61 Å². The van der Waals surface area contributed by atoms with Gasteiger partial charge in [-0.25, -0.2) is 9.18 Å². The van der Waals surface area contributed by atoms with Gasteiger partial charge in [0.1, 0.15) is 18.2 Å². The Kier molecular flexibility index (Phi) is 4.89. The predicted molar refractivity (Wildman–Crippen MR) is 72.8 cm³/mol. The van der Waals surface area contributed by atoms with Gasteiger partial charge in [-0.3, -0.25) is 0 Å². The van der Waals surface area contributed by atoms with Crippen molar-refractivity contribution >= 4 is 5.97 Å². The Morgan fingerprint density at radius 3 is 2.38 bits per heavy atom. The van der Waals surface area contributed by atoms with Crippen LogP contribution < -0.4 is 4.74 Å². The third kappa shape index (κ3) is 4.62. The third-order valence-electron chi connectivity index (χ3n) is 2.65. The molecule has 0 N–H and O–H groups in total. The van der Waals surface area contributed by atoms with Gasteiger partial charge in [0.05, 0.1) is 11.6 Å². The van der Waals surface area contributed by atoms with Crippen LogP contribution in [0.2, 0.25) is 0 Å². The van der Waals surface area contributed by atoms with Gasteiger partial charge in [-0.15, -0.1) is 0 Å². The van der Waals surface area contributed by atoms with Crippen LogP contribution in [0.5, 0.6) is 5.75 Å². The van der Waals surface area contributed by atoms with Crippen LogP contribution in [0.25, 0.3) is 0 Å². The topological polar surface area (TPSA) is 59.3 Å². The fraction of sp³-hybridized carbons (Fsp3) is 0.125. The van der Waals surface area contributed by atoms with E-state index in [0.717, 1.165) is 0 Å². The molecule has 0 atom stereocenters. The number of halogens is 1. The van der Waals surface area contributed by atoms with Crippen molar-refractivity contribution < 1.29 is 18.7 Å². The van der Waals surface area contributed by atoms with Gasteiger partial charge in [-0.2, -0.15) is 5.26 Å². The molecule has 0 aromatic heterocycles. The van der Waals surface area contributed by atoms with Gasteiger partial charge in [0, 0.05) is 0 Å². The zero-order valence-corrected chi connectivity index (χ0v) is 11.1. The largest absolute Gasteiger partial charge is 0.482 e. The van der Waals surface area contributed by atoms with Crippen molar-refractivity contribution in [2.75, 3.05) is 6.61 Å². The van der Waals surface area contributed by atoms with Crippen LogP contribution in [0.15, 0.2) is 48.5 Å². The van der Waals surface area contributed by atoms with E-state index in [1.807, 2.05) is 6.07 Å². The van der Waals surface area contributed by atoms with Crippen LogP contribution >= 0.6 is 0 Å². The van der Waals surface area contributed by atoms with Crippen molar-refractivity contribution in [3.63, 3.8) is 0 Å². The number of ether oxygens (including phenoxy) is 2. The maximum Gasteiger partial charge on any atom is 0.344 e. The number of nitrogens with zero attached hydrogens (tertiary/aromatic N) is 1. The minimum absolute atomic E-state index is 0.0653. The van der Waals surface area contributed by atoms with Crippen molar-refractivity contribution in [1.82, 2.24) is 0 Å². The van der Waals surface area contributed by atoms with E-state index in [0.29, 0.717) is 16.9 Å². The number of carbonyl (C=O) groups excluding carboxylic acids is 1. The summed E-state index contributed by atoms with van der Waals surface area (Å²) in [6.07, 6.45) is 0. The highest BCUT2D eigenvalue weighted by atomic mass is 19.1. The van der Waals surface area contributed by atoms with E-state index in [4.69, 9.17) is 14.7 Å². The monoisotopic (exact) mass is 285 g/mol. The quantitative estimate of drug-likeness (QED) is 0.793. The summed E-state index contributed by atoms with van der Waals surface area (Å²) in [5, 5.41) is 8.65. The molecule has 0 aliphatic carbocycles. The summed E-state index contributed by atoms with van der Waals surface area (Å²) in [5.41, 5.74) is 1.21. The molecule has 2 rings (SSSR count). The molecule has 4 nitrogen and oxygen atoms in total. The minimum atomic E-state index is -0.524. The lowest BCUT2D eigenvalue weighted by Crippen LogP contribution is -2.14. The summed E-state index contributed by atoms with van der Waals surface area (Å²) in [6, 6.07) is 14.1. The number of esters is 1. The Hall–Kier alpha value is -2.87. The van der Waals surface area contributed by atoms with Crippen molar-refractivity contribution in [3.05, 3.63) is 65.5 Å². The van der Waals surface area contributed by atoms with Gasteiger partial charge < -0.3 is 9.47 Å². The van der Waals surface area contributed by atoms with E-state index in [2.05, 4.69) is 0 Å². The smallest absolute Gasteiger partial charge is 0.344 e. The molecule has 21 heavy (non-hydrogen) atoms. The van der Waals surface area contributed by atoms with Gasteiger partial charge in [0.25, 0.3) is 0 Å². The molecule has 106 valence electrons. The molecule has 0 radical (unpaired) electrons. The summed E-state index contributed by atoms with van der Waals surface area (Å²) >= 11 is 0. The molecule has 0 spiro atoms. The Bertz CT molecular complexity index is 645. The lowest BCUT2D eigenvalue weighted by molar-refractivity contribution is -0.147. The fourth-order valence-electron chi connectivity index (χ4n) is 1.55. The molecule has 0 heterocycles. The second-order valence-corrected chi connectivity index (χ2v) is 4.21. The van der Waals surface area contributed by atoms with Gasteiger partial charge in [-0.05, 0) is 42.0 Å². The van der Waals surface area contributed by atoms with Crippen LogP contribution in [0, 0.1) is 17.1 Å². The summed E-state index contributed by atoms with van der Waals surface area (Å²) in [5.74, 6) is -0.384. The van der Waals surface area contributed by atoms with E-state index in [1.165, 1.54) is 12.1 Å². The Labute approximate surface area is 121 Å². The third-order valence-corrected chi connectivity index (χ3v) is 2.65. The highest BCUT2D eigenvalue weighted by Crippen LogP contribution is 2.11. The number of rotatable bonds is 5. The lowest BCUT2D eigenvalue weighted by atomic mass is 10.2. The number of hydrogen-bond donors (Lipinski definition) is 0. The molecule has 5 heteroatoms. The molecule has 0 amide bonds. The molecular formula is C16H12FNO3. The second kappa shape index (κ2) is 7.06. The van der Waals surface area contributed by atoms with E-state index < -0.39 is 5.97 Å². The van der Waals surface area contributed by atoms with Crippen LogP contribution in [0.1, 0.15) is 11.1 Å². The first kappa shape index (κ1) is 14.5. The van der Waals surface area contributed by atoms with E-state index in [-0.39, 0.29) is 19.0 Å². The lowest BCUT2D eigenvalue weighted by Gasteiger charge is -2.07. The standard InChI is InChI=1S/C16H12FNO3/c17-14-5-1-13(2-6-14)10-21-16(19)11-20-15-7-3-12(9-18)4-8-15/h1-8H,10-11H2. The number of hydrogen-bond acceptors (Lipinski definition) is 4. The van der Waals surface area contributed by atoms with Gasteiger partial charge in [0.2, 0.25) is 0 Å². The molecule has 0 aliphatic heterocycles. The summed E-state index contributed by atoms with van der Waals surface area (Å²) in [6.45, 7) is -0.164. The van der Waals surface area contributed by atoms with Gasteiger partial charge in [-0.1, -0.05) is 12.1 Å². The SMILES string of the molecule is N#Cc1ccc(OCC(=O)OCc2ccc(F)cc2)cc1. The Morgan fingerprint density at radius 1 is 1.10 bits per heavy atom. The van der Waals surface area contributed by atoms with Gasteiger partial charge >= 0.3 is 5.97 Å². The molecule has 0 unspecified atom stereocenters. The van der Waals surface area contributed by atoms with E-state index in [9.17, 15) is 9.18 Å². The minimum Gasteiger partial charge on any atom is -0.482 e. The molecular weight excluding hydrogens is 273 g/mol. The molecule has 0 saturated heterocycles. The average molecular weight is 285 g/mol. The highest BCUT2D eigenvalue weighted by Gasteiger charge is 2.05. The fourth-order valence-corrected chi connectivity index (χ4v) is 1.55. The molecule has 0 bridgehead atoms. The predicted octanol–water partition coefficient (Wildman–Crippen LogP) is 2.82. The summed E-state index contributed by atoms with van der Waals surface area (Å²) < 4.78 is 22.9. The van der Waals surface area contributed by atoms with E-state index >= 15 is 0 Å². The highest BCUT2D eigenvalue weighted by molar-refractivity contribution is 5.71. The van der Waals surface area contributed by atoms with Crippen LogP contribution in [0.3, 0.4) is 0 Å². The zero-order chi connectivity index (χ0) is 15.1. The molecule has 2 aromatic rings. The van der Waals surface area contributed by atoms with Crippen molar-refractivity contribution in [2.24, 2.45) is 0 Å². The van der Waals surface area contributed by atoms with Gasteiger partial charge in [0.15, 0.2) is 6.61 Å². The van der Waals surface area contributed by atoms with Crippen LogP contribution in [0.4, 0.5) is 4.39 Å². The van der Waals surface area contributed by atoms with Crippen LogP contribution in [-0.4, -0.2) is 12.6 Å². The van der Waals surface area contributed by atoms with Crippen molar-refractivity contribution in [3.8, 4) is 11.8 Å². The molecule has 0 aliphatic rings. The molecule has 0 fully saturated rings. The first-order chi connectivity index (χ1) is 10.2. The van der Waals surface area contributed by atoms with Crippen LogP contribution in [-0.2, 0) is 16.1 Å². The van der Waals surface area contributed by atoms with E-state index in [1.54, 1.807) is 36.4 Å². The first-order valence-corrected chi connectivity index (χ1v) is 6.20. The summed E-state index contributed by atoms with van der Waals surface area (Å²) in [4.78, 5) is 11.5. The molecule has 0 saturated carbocycles. The maximum absolute atomic E-state index is 12.7. The first-order valence-electron chi connectivity index (χ1n) is 6.20. The number of carbonyl (C=O) groups is 1. The Balaban J connectivity index is 1.76. The normalized spacial score (nSPS) is 9.71. The summed E-state index contributed by atoms with van der Waals surface area (Å²) in [7, 11) is 0. The average Bonchev–Trinajstić information content (AvgIpc) is 2.53. The number of nitriles is 1. The Morgan fingerprint density at radius 2 is 1.76 bits per heavy atom. The number of benzene rings is 2. The maximum atomic E-state index is 12.7. The van der Waals surface area contributed by atoms with Crippen molar-refractivity contribution in [1.29, 1.82) is 5.26 Å². The molecule has 2 aromatic carbocycles.